The highest BCUT2D eigenvalue weighted by molar-refractivity contribution is 7.91. The zero-order valence-corrected chi connectivity index (χ0v) is 35.0. The molecule has 0 radical (unpaired) electrons. The summed E-state index contributed by atoms with van der Waals surface area (Å²) in [4.78, 5) is 67.8. The van der Waals surface area contributed by atoms with Crippen molar-refractivity contribution in [3.8, 4) is 17.3 Å². The summed E-state index contributed by atoms with van der Waals surface area (Å²) < 4.78 is 76.9. The normalized spacial score (nSPS) is 27.5. The Bertz CT molecular complexity index is 2560. The van der Waals surface area contributed by atoms with Gasteiger partial charge in [0, 0.05) is 36.6 Å². The maximum Gasteiger partial charge on any atom is 0.274 e. The van der Waals surface area contributed by atoms with Crippen LogP contribution in [0.2, 0.25) is 0 Å². The van der Waals surface area contributed by atoms with E-state index in [1.54, 1.807) is 6.92 Å². The number of furan rings is 1. The monoisotopic (exact) mass is 875 g/mol. The molecule has 19 heteroatoms. The average Bonchev–Trinajstić information content (AvgIpc) is 4.03. The minimum Gasteiger partial charge on any atom is -0.471 e. The van der Waals surface area contributed by atoms with Crippen LogP contribution in [0, 0.1) is 12.8 Å². The number of sulfonamides is 1. The number of hydrogen-bond donors (Lipinski definition) is 3. The number of aromatic nitrogens is 3. The lowest BCUT2D eigenvalue weighted by atomic mass is 9.96. The number of allylic oxidation sites excluding steroid dienone is 1. The number of benzene rings is 1. The van der Waals surface area contributed by atoms with Gasteiger partial charge in [-0.15, -0.1) is 0 Å². The molecule has 1 aromatic carbocycles. The highest BCUT2D eigenvalue weighted by atomic mass is 32.2. The zero-order valence-electron chi connectivity index (χ0n) is 34.2. The fourth-order valence-corrected chi connectivity index (χ4v) is 10.2. The highest BCUT2D eigenvalue weighted by Crippen LogP contribution is 2.51. The molecule has 16 nitrogen and oxygen atoms in total. The van der Waals surface area contributed by atoms with Crippen molar-refractivity contribution in [3.63, 3.8) is 0 Å². The third-order valence-corrected chi connectivity index (χ3v) is 14.4. The van der Waals surface area contributed by atoms with Crippen LogP contribution < -0.4 is 20.1 Å². The summed E-state index contributed by atoms with van der Waals surface area (Å²) in [6.07, 6.45) is 3.39. The summed E-state index contributed by atoms with van der Waals surface area (Å²) in [5.41, 5.74) is 0.186. The molecule has 1 unspecified atom stereocenters. The van der Waals surface area contributed by atoms with Gasteiger partial charge in [-0.25, -0.2) is 27.2 Å². The van der Waals surface area contributed by atoms with Gasteiger partial charge in [0.05, 0.1) is 23.2 Å². The standard InChI is InChI=1S/C43H47F2N7O9S/c1-23-9-8-12-29-35(23)48-36(34-18-25-10-5-6-13-33(25)60-34)39(47-29)59-27-19-32-38(54)49-43(41(56)51-62(57,58)28-14-15-28)21-26(43)20-42(44,45)16-7-3-4-11-30(40(55)52(32)22-27)46-37(53)31-17-24(2)61-50-31/h5-6,8,10,12-13,17-18,23,26-28,30,32H,3-4,7,9,11,14-16,19-22H2,1-2H3,(H,46,53)(H,49,54)(H,51,56)/t23?,26-,27-,30+,32+,43-/m1/s1. The van der Waals surface area contributed by atoms with Crippen LogP contribution in [-0.4, -0.2) is 93.5 Å². The molecule has 0 spiro atoms. The first-order valence-electron chi connectivity index (χ1n) is 21.1. The van der Waals surface area contributed by atoms with Gasteiger partial charge >= 0.3 is 0 Å². The summed E-state index contributed by atoms with van der Waals surface area (Å²) in [7, 11) is -4.12. The number of nitrogens with one attached hydrogen (secondary N) is 3. The lowest BCUT2D eigenvalue weighted by Crippen LogP contribution is -2.58. The van der Waals surface area contributed by atoms with E-state index in [2.05, 4.69) is 20.5 Å². The van der Waals surface area contributed by atoms with Crippen molar-refractivity contribution in [1.29, 1.82) is 0 Å². The molecule has 4 amide bonds. The van der Waals surface area contributed by atoms with Crippen LogP contribution in [0.1, 0.15) is 111 Å². The highest BCUT2D eigenvalue weighted by Gasteiger charge is 2.65. The molecule has 3 aliphatic carbocycles. The van der Waals surface area contributed by atoms with Crippen LogP contribution in [-0.2, 0) is 24.4 Å². The fraction of sp³-hybridized carbons (Fsp3) is 0.512. The molecule has 5 aliphatic rings. The van der Waals surface area contributed by atoms with Crippen molar-refractivity contribution in [1.82, 2.24) is 35.4 Å². The number of halogens is 2. The molecule has 0 bridgehead atoms. The first-order valence-corrected chi connectivity index (χ1v) is 22.7. The first kappa shape index (κ1) is 41.6. The molecule has 3 N–H and O–H groups in total. The molecule has 3 aromatic heterocycles. The van der Waals surface area contributed by atoms with Gasteiger partial charge in [-0.3, -0.25) is 23.9 Å². The van der Waals surface area contributed by atoms with Gasteiger partial charge in [0.1, 0.15) is 35.1 Å². The number of rotatable bonds is 8. The molecule has 4 aromatic rings. The summed E-state index contributed by atoms with van der Waals surface area (Å²) >= 11 is 0. The molecule has 9 rings (SSSR count). The number of aryl methyl sites for hydroxylation is 1. The Hall–Kier alpha value is -5.72. The van der Waals surface area contributed by atoms with Gasteiger partial charge in [0.15, 0.2) is 17.1 Å². The van der Waals surface area contributed by atoms with Crippen molar-refractivity contribution < 1.29 is 50.1 Å². The van der Waals surface area contributed by atoms with E-state index in [1.165, 1.54) is 11.0 Å². The Morgan fingerprint density at radius 3 is 2.61 bits per heavy atom. The van der Waals surface area contributed by atoms with Crippen molar-refractivity contribution >= 4 is 50.7 Å². The van der Waals surface area contributed by atoms with Crippen LogP contribution in [0.5, 0.6) is 5.88 Å². The minimum atomic E-state index is -4.12. The maximum atomic E-state index is 15.5. The third-order valence-electron chi connectivity index (χ3n) is 12.5. The largest absolute Gasteiger partial charge is 0.471 e. The summed E-state index contributed by atoms with van der Waals surface area (Å²) in [6.45, 7) is 3.45. The Morgan fingerprint density at radius 1 is 1.05 bits per heavy atom. The van der Waals surface area contributed by atoms with E-state index in [0.717, 1.165) is 17.5 Å². The lowest BCUT2D eigenvalue weighted by molar-refractivity contribution is -0.141. The second kappa shape index (κ2) is 15.9. The van der Waals surface area contributed by atoms with Crippen LogP contribution in [0.3, 0.4) is 0 Å². The predicted molar refractivity (Wildman–Crippen MR) is 218 cm³/mol. The SMILES string of the molecule is Cc1cc(C(=O)N[C@H]2CCCCCC(F)(F)C[C@@H]3C[C@@]3(C(=O)NS(=O)(=O)C3CC3)NC(=O)[C@@H]3C[C@@H](Oc4nc5c(nc4-c4cc6ccccc6o4)C(C)CC=C5)CN3C2=O)no1. The molecule has 6 atom stereocenters. The number of nitrogens with zero attached hydrogens (tertiary/aromatic N) is 4. The van der Waals surface area contributed by atoms with E-state index in [1.807, 2.05) is 49.4 Å². The third kappa shape index (κ3) is 8.30. The molecular formula is C43H47F2N7O9S. The van der Waals surface area contributed by atoms with Gasteiger partial charge in [-0.05, 0) is 69.6 Å². The summed E-state index contributed by atoms with van der Waals surface area (Å²) in [6, 6.07) is 8.09. The lowest BCUT2D eigenvalue weighted by Gasteiger charge is -2.30. The number of fused-ring (bicyclic) bond motifs is 4. The minimum absolute atomic E-state index is 0.0379. The molecule has 2 aliphatic heterocycles. The fourth-order valence-electron chi connectivity index (χ4n) is 8.88. The Balaban J connectivity index is 1.07. The van der Waals surface area contributed by atoms with Crippen LogP contribution >= 0.6 is 0 Å². The number of carbonyl (C=O) groups is 4. The van der Waals surface area contributed by atoms with Gasteiger partial charge in [-0.2, -0.15) is 0 Å². The van der Waals surface area contributed by atoms with Gasteiger partial charge in [0.25, 0.3) is 11.8 Å². The first-order chi connectivity index (χ1) is 29.6. The molecule has 4 fully saturated rings. The van der Waals surface area contributed by atoms with Crippen LogP contribution in [0.25, 0.3) is 28.5 Å². The molecule has 62 heavy (non-hydrogen) atoms. The summed E-state index contributed by atoms with van der Waals surface area (Å²) in [5, 5.41) is 9.18. The van der Waals surface area contributed by atoms with Crippen LogP contribution in [0.4, 0.5) is 8.78 Å². The van der Waals surface area contributed by atoms with Gasteiger partial charge in [0.2, 0.25) is 33.6 Å². The van der Waals surface area contributed by atoms with Crippen molar-refractivity contribution in [2.24, 2.45) is 5.92 Å². The summed E-state index contributed by atoms with van der Waals surface area (Å²) in [5.74, 6) is -6.78. The number of ether oxygens (including phenoxy) is 1. The Labute approximate surface area is 355 Å². The number of amides is 4. The predicted octanol–water partition coefficient (Wildman–Crippen LogP) is 5.33. The Morgan fingerprint density at radius 2 is 1.85 bits per heavy atom. The number of para-hydroxylation sites is 1. The molecule has 5 heterocycles. The smallest absolute Gasteiger partial charge is 0.274 e. The zero-order chi connectivity index (χ0) is 43.6. The van der Waals surface area contributed by atoms with Gasteiger partial charge in [-0.1, -0.05) is 49.2 Å². The van der Waals surface area contributed by atoms with E-state index in [0.29, 0.717) is 41.3 Å². The quantitative estimate of drug-likeness (QED) is 0.205. The van der Waals surface area contributed by atoms with E-state index >= 15 is 8.78 Å². The Kier molecular flexibility index (Phi) is 10.7. The molecular weight excluding hydrogens is 829 g/mol. The number of carbonyl (C=O) groups excluding carboxylic acids is 4. The second-order valence-electron chi connectivity index (χ2n) is 17.4. The molecule has 328 valence electrons. The maximum absolute atomic E-state index is 15.5. The van der Waals surface area contributed by atoms with E-state index < -0.39 is 87.3 Å². The van der Waals surface area contributed by atoms with Crippen molar-refractivity contribution in [3.05, 3.63) is 65.3 Å². The topological polar surface area (TPSA) is 216 Å². The average molecular weight is 876 g/mol. The molecule has 2 saturated carbocycles. The second-order valence-corrected chi connectivity index (χ2v) is 19.3. The van der Waals surface area contributed by atoms with Crippen molar-refractivity contribution in [2.75, 3.05) is 6.54 Å². The van der Waals surface area contributed by atoms with E-state index in [9.17, 15) is 27.6 Å². The molecule has 2 saturated heterocycles. The number of alkyl halides is 2. The van der Waals surface area contributed by atoms with Gasteiger partial charge < -0.3 is 29.2 Å². The van der Waals surface area contributed by atoms with Crippen LogP contribution in [0.15, 0.2) is 51.4 Å². The van der Waals surface area contributed by atoms with Crippen molar-refractivity contribution in [2.45, 2.75) is 125 Å². The van der Waals surface area contributed by atoms with E-state index in [-0.39, 0.29) is 62.6 Å². The number of hydrogen-bond acceptors (Lipinski definition) is 12. The van der Waals surface area contributed by atoms with E-state index in [4.69, 9.17) is 23.6 Å².